The van der Waals surface area contributed by atoms with Gasteiger partial charge in [-0.2, -0.15) is 0 Å². The molecule has 0 fully saturated rings. The van der Waals surface area contributed by atoms with E-state index in [-0.39, 0.29) is 23.9 Å². The minimum atomic E-state index is -0.706. The van der Waals surface area contributed by atoms with Crippen LogP contribution in [0.15, 0.2) is 46.7 Å². The number of benzene rings is 2. The molecular weight excluding hydrogens is 438 g/mol. The van der Waals surface area contributed by atoms with E-state index < -0.39 is 11.8 Å². The molecule has 0 amide bonds. The number of oxime groups is 2. The summed E-state index contributed by atoms with van der Waals surface area (Å²) >= 11 is 12.4. The molecular formula is C20H19Cl2FN2O5. The van der Waals surface area contributed by atoms with E-state index >= 15 is 0 Å². The van der Waals surface area contributed by atoms with E-state index in [1.807, 2.05) is 0 Å². The van der Waals surface area contributed by atoms with Gasteiger partial charge in [-0.3, -0.25) is 0 Å². The number of halogens is 3. The SMILES string of the molecule is COC/C(=N\OCc1c(Cl)cccc1/C(=N\OC)C(=O)OC)c1ccc(F)cc1Cl. The van der Waals surface area contributed by atoms with Gasteiger partial charge in [0.25, 0.3) is 0 Å². The zero-order valence-electron chi connectivity index (χ0n) is 16.4. The molecule has 0 atom stereocenters. The van der Waals surface area contributed by atoms with Crippen LogP contribution in [0.1, 0.15) is 16.7 Å². The third-order valence-corrected chi connectivity index (χ3v) is 4.51. The minimum absolute atomic E-state index is 0.0687. The Morgan fingerprint density at radius 2 is 1.80 bits per heavy atom. The lowest BCUT2D eigenvalue weighted by molar-refractivity contribution is -0.132. The van der Waals surface area contributed by atoms with E-state index in [1.54, 1.807) is 18.2 Å². The normalized spacial score (nSPS) is 11.9. The van der Waals surface area contributed by atoms with Crippen LogP contribution in [0.5, 0.6) is 0 Å². The van der Waals surface area contributed by atoms with Gasteiger partial charge in [0.2, 0.25) is 0 Å². The number of nitrogens with zero attached hydrogens (tertiary/aromatic N) is 2. The summed E-state index contributed by atoms with van der Waals surface area (Å²) in [6.45, 7) is -0.0416. The second-order valence-electron chi connectivity index (χ2n) is 5.75. The van der Waals surface area contributed by atoms with Gasteiger partial charge in [-0.1, -0.05) is 45.6 Å². The number of hydrogen-bond donors (Lipinski definition) is 0. The van der Waals surface area contributed by atoms with Crippen LogP contribution >= 0.6 is 23.2 Å². The Morgan fingerprint density at radius 3 is 2.43 bits per heavy atom. The summed E-state index contributed by atoms with van der Waals surface area (Å²) in [6.07, 6.45) is 0. The van der Waals surface area contributed by atoms with Gasteiger partial charge in [0, 0.05) is 28.8 Å². The van der Waals surface area contributed by atoms with Crippen LogP contribution in [0.4, 0.5) is 4.39 Å². The molecule has 0 N–H and O–H groups in total. The van der Waals surface area contributed by atoms with E-state index in [9.17, 15) is 9.18 Å². The van der Waals surface area contributed by atoms with Crippen molar-refractivity contribution in [1.29, 1.82) is 0 Å². The van der Waals surface area contributed by atoms with Crippen molar-refractivity contribution in [3.63, 3.8) is 0 Å². The molecule has 30 heavy (non-hydrogen) atoms. The average Bonchev–Trinajstić information content (AvgIpc) is 2.72. The predicted octanol–water partition coefficient (Wildman–Crippen LogP) is 4.22. The van der Waals surface area contributed by atoms with Crippen LogP contribution in [-0.2, 0) is 30.6 Å². The second kappa shape index (κ2) is 11.5. The third-order valence-electron chi connectivity index (χ3n) is 3.84. The first-order valence-corrected chi connectivity index (χ1v) is 9.28. The number of carbonyl (C=O) groups is 1. The molecule has 0 bridgehead atoms. The maximum absolute atomic E-state index is 13.3. The molecule has 2 aromatic rings. The molecule has 0 radical (unpaired) electrons. The van der Waals surface area contributed by atoms with Crippen LogP contribution in [0.25, 0.3) is 0 Å². The summed E-state index contributed by atoms with van der Waals surface area (Å²) in [4.78, 5) is 22.3. The highest BCUT2D eigenvalue weighted by Crippen LogP contribution is 2.23. The lowest BCUT2D eigenvalue weighted by Crippen LogP contribution is -2.19. The molecule has 160 valence electrons. The number of carbonyl (C=O) groups excluding carboxylic acids is 1. The quantitative estimate of drug-likeness (QED) is 0.320. The molecule has 2 aromatic carbocycles. The fraction of sp³-hybridized carbons (Fsp3) is 0.250. The number of esters is 1. The van der Waals surface area contributed by atoms with Crippen LogP contribution in [0, 0.1) is 5.82 Å². The number of rotatable bonds is 9. The third kappa shape index (κ3) is 5.91. The van der Waals surface area contributed by atoms with Gasteiger partial charge < -0.3 is 19.1 Å². The van der Waals surface area contributed by atoms with Crippen molar-refractivity contribution < 1.29 is 28.3 Å². The Labute approximate surface area is 182 Å². The Morgan fingerprint density at radius 1 is 1.03 bits per heavy atom. The summed E-state index contributed by atoms with van der Waals surface area (Å²) in [6, 6.07) is 8.78. The van der Waals surface area contributed by atoms with Crippen molar-refractivity contribution in [2.45, 2.75) is 6.61 Å². The van der Waals surface area contributed by atoms with Crippen molar-refractivity contribution in [1.82, 2.24) is 0 Å². The van der Waals surface area contributed by atoms with Gasteiger partial charge in [0.15, 0.2) is 5.71 Å². The van der Waals surface area contributed by atoms with E-state index in [0.29, 0.717) is 27.4 Å². The zero-order chi connectivity index (χ0) is 22.1. The molecule has 2 rings (SSSR count). The Kier molecular flexibility index (Phi) is 9.04. The van der Waals surface area contributed by atoms with Crippen molar-refractivity contribution in [3.8, 4) is 0 Å². The molecule has 0 aromatic heterocycles. The van der Waals surface area contributed by atoms with Gasteiger partial charge in [0.05, 0.1) is 18.7 Å². The Hall–Kier alpha value is -2.68. The monoisotopic (exact) mass is 456 g/mol. The van der Waals surface area contributed by atoms with Gasteiger partial charge in [-0.15, -0.1) is 0 Å². The number of methoxy groups -OCH3 is 2. The highest BCUT2D eigenvalue weighted by Gasteiger charge is 2.21. The highest BCUT2D eigenvalue weighted by atomic mass is 35.5. The maximum atomic E-state index is 13.3. The fourth-order valence-electron chi connectivity index (χ4n) is 2.50. The zero-order valence-corrected chi connectivity index (χ0v) is 18.0. The van der Waals surface area contributed by atoms with Gasteiger partial charge >= 0.3 is 5.97 Å². The van der Waals surface area contributed by atoms with E-state index in [2.05, 4.69) is 10.3 Å². The first kappa shape index (κ1) is 23.6. The van der Waals surface area contributed by atoms with Crippen molar-refractivity contribution in [2.75, 3.05) is 27.9 Å². The van der Waals surface area contributed by atoms with Crippen molar-refractivity contribution in [3.05, 3.63) is 69.0 Å². The molecule has 0 aliphatic carbocycles. The lowest BCUT2D eigenvalue weighted by Gasteiger charge is -2.12. The second-order valence-corrected chi connectivity index (χ2v) is 6.56. The molecule has 0 aliphatic heterocycles. The number of hydrogen-bond acceptors (Lipinski definition) is 7. The predicted molar refractivity (Wildman–Crippen MR) is 112 cm³/mol. The van der Waals surface area contributed by atoms with Gasteiger partial charge in [-0.05, 0) is 24.3 Å². The van der Waals surface area contributed by atoms with E-state index in [4.69, 9.17) is 42.4 Å². The van der Waals surface area contributed by atoms with Gasteiger partial charge in [0.1, 0.15) is 25.2 Å². The molecule has 0 saturated carbocycles. The van der Waals surface area contributed by atoms with Crippen LogP contribution in [0.3, 0.4) is 0 Å². The molecule has 0 unspecified atom stereocenters. The first-order chi connectivity index (χ1) is 14.4. The summed E-state index contributed by atoms with van der Waals surface area (Å²) in [7, 11) is 4.00. The standard InChI is InChI=1S/C20H19Cl2FN2O5/c1-27-11-18(14-8-7-12(23)9-17(14)22)24-30-10-15-13(5-4-6-16(15)21)19(25-29-3)20(26)28-2/h4-9H,10-11H2,1-3H3/b24-18+,25-19+. The lowest BCUT2D eigenvalue weighted by atomic mass is 10.0. The summed E-state index contributed by atoms with van der Waals surface area (Å²) in [5.74, 6) is -1.18. The van der Waals surface area contributed by atoms with E-state index in [0.717, 1.165) is 6.07 Å². The fourth-order valence-corrected chi connectivity index (χ4v) is 3.01. The van der Waals surface area contributed by atoms with Crippen LogP contribution in [0.2, 0.25) is 10.0 Å². The largest absolute Gasteiger partial charge is 0.464 e. The maximum Gasteiger partial charge on any atom is 0.360 e. The Balaban J connectivity index is 2.35. The minimum Gasteiger partial charge on any atom is -0.464 e. The average molecular weight is 457 g/mol. The first-order valence-electron chi connectivity index (χ1n) is 8.53. The summed E-state index contributed by atoms with van der Waals surface area (Å²) in [5.41, 5.74) is 1.51. The summed E-state index contributed by atoms with van der Waals surface area (Å²) < 4.78 is 23.2. The molecule has 0 saturated heterocycles. The molecule has 0 heterocycles. The molecule has 7 nitrogen and oxygen atoms in total. The molecule has 10 heteroatoms. The highest BCUT2D eigenvalue weighted by molar-refractivity contribution is 6.44. The number of ether oxygens (including phenoxy) is 2. The smallest absolute Gasteiger partial charge is 0.360 e. The van der Waals surface area contributed by atoms with Crippen molar-refractivity contribution in [2.24, 2.45) is 10.3 Å². The summed E-state index contributed by atoms with van der Waals surface area (Å²) in [5, 5.41) is 8.27. The molecule has 0 aliphatic rings. The van der Waals surface area contributed by atoms with Crippen LogP contribution in [-0.4, -0.2) is 45.3 Å². The van der Waals surface area contributed by atoms with Gasteiger partial charge in [-0.25, -0.2) is 9.18 Å². The van der Waals surface area contributed by atoms with E-state index in [1.165, 1.54) is 33.5 Å². The topological polar surface area (TPSA) is 78.7 Å². The van der Waals surface area contributed by atoms with Crippen molar-refractivity contribution >= 4 is 40.6 Å². The molecule has 0 spiro atoms. The van der Waals surface area contributed by atoms with Crippen LogP contribution < -0.4 is 0 Å². The Bertz CT molecular complexity index is 966.